The molecule has 0 aliphatic rings. The van der Waals surface area contributed by atoms with Gasteiger partial charge >= 0.3 is 5.97 Å². The minimum absolute atomic E-state index is 0.0311. The van der Waals surface area contributed by atoms with E-state index in [1.807, 2.05) is 31.2 Å². The van der Waals surface area contributed by atoms with Crippen LogP contribution in [-0.4, -0.2) is 39.7 Å². The first-order valence-electron chi connectivity index (χ1n) is 9.71. The van der Waals surface area contributed by atoms with Crippen LogP contribution >= 0.6 is 0 Å². The summed E-state index contributed by atoms with van der Waals surface area (Å²) >= 11 is 0. The maximum absolute atomic E-state index is 12.1. The van der Waals surface area contributed by atoms with Crippen molar-refractivity contribution in [3.05, 3.63) is 87.7 Å². The summed E-state index contributed by atoms with van der Waals surface area (Å²) in [7, 11) is 0. The minimum Gasteiger partial charge on any atom is -0.460 e. The second-order valence-electron chi connectivity index (χ2n) is 6.92. The number of carbonyl (C=O) groups excluding carboxylic acids is 2. The molecule has 0 radical (unpaired) electrons. The molecule has 160 valence electrons. The molecule has 3 rings (SSSR count). The predicted octanol–water partition coefficient (Wildman–Crippen LogP) is 2.99. The summed E-state index contributed by atoms with van der Waals surface area (Å²) in [6, 6.07) is 13.8. The highest BCUT2D eigenvalue weighted by molar-refractivity contribution is 5.88. The quantitative estimate of drug-likeness (QED) is 0.245. The van der Waals surface area contributed by atoms with E-state index in [0.29, 0.717) is 18.5 Å². The molecule has 0 spiro atoms. The maximum Gasteiger partial charge on any atom is 0.341 e. The fraction of sp³-hybridized carbons (Fsp3) is 0.227. The fourth-order valence-corrected chi connectivity index (χ4v) is 2.82. The lowest BCUT2D eigenvalue weighted by Gasteiger charge is -2.06. The molecule has 1 heterocycles. The standard InChI is InChI=1S/C22H22N4O5/c1-16-2-4-17(5-3-16)6-11-21(27)23-12-13-31-22(28)18-14-24-25(15-18)19-7-9-20(10-8-19)26(29)30/h2-5,7-10,14-15H,6,11-13H2,1H3,(H,23,27). The molecule has 1 amide bonds. The van der Waals surface area contributed by atoms with Crippen LogP contribution in [0.4, 0.5) is 5.69 Å². The third-order valence-corrected chi connectivity index (χ3v) is 4.56. The number of carbonyl (C=O) groups is 2. The van der Waals surface area contributed by atoms with E-state index in [4.69, 9.17) is 4.74 Å². The van der Waals surface area contributed by atoms with E-state index in [0.717, 1.165) is 5.56 Å². The number of rotatable bonds is 9. The van der Waals surface area contributed by atoms with Gasteiger partial charge in [-0.2, -0.15) is 5.10 Å². The van der Waals surface area contributed by atoms with Gasteiger partial charge in [0, 0.05) is 24.8 Å². The molecule has 0 bridgehead atoms. The number of aromatic nitrogens is 2. The van der Waals surface area contributed by atoms with E-state index < -0.39 is 10.9 Å². The van der Waals surface area contributed by atoms with Gasteiger partial charge in [0.1, 0.15) is 6.61 Å². The van der Waals surface area contributed by atoms with Crippen LogP contribution in [0.5, 0.6) is 0 Å². The average molecular weight is 422 g/mol. The lowest BCUT2D eigenvalue weighted by molar-refractivity contribution is -0.384. The van der Waals surface area contributed by atoms with Crippen LogP contribution in [0.15, 0.2) is 60.9 Å². The fourth-order valence-electron chi connectivity index (χ4n) is 2.82. The highest BCUT2D eigenvalue weighted by Crippen LogP contribution is 2.15. The van der Waals surface area contributed by atoms with Gasteiger partial charge in [-0.15, -0.1) is 0 Å². The number of hydrogen-bond donors (Lipinski definition) is 1. The Balaban J connectivity index is 1.40. The summed E-state index contributed by atoms with van der Waals surface area (Å²) in [5, 5.41) is 17.5. The lowest BCUT2D eigenvalue weighted by atomic mass is 10.1. The smallest absolute Gasteiger partial charge is 0.341 e. The van der Waals surface area contributed by atoms with Crippen molar-refractivity contribution in [2.24, 2.45) is 0 Å². The summed E-state index contributed by atoms with van der Waals surface area (Å²) in [6.07, 6.45) is 3.83. The third kappa shape index (κ3) is 6.23. The largest absolute Gasteiger partial charge is 0.460 e. The first-order valence-corrected chi connectivity index (χ1v) is 9.71. The van der Waals surface area contributed by atoms with Crippen LogP contribution in [0.25, 0.3) is 5.69 Å². The van der Waals surface area contributed by atoms with Crippen molar-refractivity contribution in [3.8, 4) is 5.69 Å². The molecule has 3 aromatic rings. The van der Waals surface area contributed by atoms with Crippen molar-refractivity contribution in [2.45, 2.75) is 19.8 Å². The first-order chi connectivity index (χ1) is 14.9. The molecular formula is C22H22N4O5. The molecule has 31 heavy (non-hydrogen) atoms. The number of ether oxygens (including phenoxy) is 1. The SMILES string of the molecule is Cc1ccc(CCC(=O)NCCOC(=O)c2cnn(-c3ccc([N+](=O)[O-])cc3)c2)cc1. The van der Waals surface area contributed by atoms with Crippen molar-refractivity contribution in [2.75, 3.05) is 13.2 Å². The van der Waals surface area contributed by atoms with E-state index in [2.05, 4.69) is 10.4 Å². The van der Waals surface area contributed by atoms with Crippen molar-refractivity contribution in [3.63, 3.8) is 0 Å². The number of nitrogens with one attached hydrogen (secondary N) is 1. The summed E-state index contributed by atoms with van der Waals surface area (Å²) < 4.78 is 6.58. The van der Waals surface area contributed by atoms with Crippen molar-refractivity contribution in [1.82, 2.24) is 15.1 Å². The third-order valence-electron chi connectivity index (χ3n) is 4.56. The summed E-state index contributed by atoms with van der Waals surface area (Å²) in [6.45, 7) is 2.27. The van der Waals surface area contributed by atoms with E-state index in [-0.39, 0.29) is 30.3 Å². The van der Waals surface area contributed by atoms with E-state index in [1.54, 1.807) is 0 Å². The molecule has 2 aromatic carbocycles. The number of nitro benzene ring substituents is 1. The molecule has 0 saturated carbocycles. The summed E-state index contributed by atoms with van der Waals surface area (Å²) in [4.78, 5) is 34.3. The number of nitrogens with zero attached hydrogens (tertiary/aromatic N) is 3. The zero-order valence-corrected chi connectivity index (χ0v) is 17.0. The predicted molar refractivity (Wildman–Crippen MR) is 113 cm³/mol. The summed E-state index contributed by atoms with van der Waals surface area (Å²) in [5.41, 5.74) is 3.05. The monoisotopic (exact) mass is 422 g/mol. The Morgan fingerprint density at radius 3 is 2.52 bits per heavy atom. The molecule has 9 nitrogen and oxygen atoms in total. The van der Waals surface area contributed by atoms with Gasteiger partial charge in [0.05, 0.1) is 28.9 Å². The topological polar surface area (TPSA) is 116 Å². The highest BCUT2D eigenvalue weighted by atomic mass is 16.6. The number of hydrogen-bond acceptors (Lipinski definition) is 6. The Hall–Kier alpha value is -4.01. The van der Waals surface area contributed by atoms with Crippen LogP contribution in [0, 0.1) is 17.0 Å². The Morgan fingerprint density at radius 2 is 1.84 bits per heavy atom. The first kappa shape index (κ1) is 21.7. The Morgan fingerprint density at radius 1 is 1.13 bits per heavy atom. The molecule has 1 N–H and O–H groups in total. The van der Waals surface area contributed by atoms with Gasteiger partial charge in [0.15, 0.2) is 0 Å². The zero-order valence-electron chi connectivity index (χ0n) is 17.0. The summed E-state index contributed by atoms with van der Waals surface area (Å²) in [5.74, 6) is -0.676. The second kappa shape index (κ2) is 10.1. The van der Waals surface area contributed by atoms with Crippen LogP contribution < -0.4 is 5.32 Å². The van der Waals surface area contributed by atoms with Gasteiger partial charge in [-0.1, -0.05) is 29.8 Å². The Bertz CT molecular complexity index is 1060. The number of aryl methyl sites for hydroxylation is 2. The van der Waals surface area contributed by atoms with Crippen LogP contribution in [0.1, 0.15) is 27.9 Å². The van der Waals surface area contributed by atoms with Gasteiger partial charge in [-0.3, -0.25) is 14.9 Å². The number of nitro groups is 1. The lowest BCUT2D eigenvalue weighted by Crippen LogP contribution is -2.28. The van der Waals surface area contributed by atoms with Crippen molar-refractivity contribution in [1.29, 1.82) is 0 Å². The molecule has 0 atom stereocenters. The molecular weight excluding hydrogens is 400 g/mol. The Kier molecular flexibility index (Phi) is 7.10. The second-order valence-corrected chi connectivity index (χ2v) is 6.92. The van der Waals surface area contributed by atoms with Gasteiger partial charge in [-0.25, -0.2) is 9.48 Å². The Labute approximate surface area is 178 Å². The van der Waals surface area contributed by atoms with Gasteiger partial charge in [-0.05, 0) is 31.0 Å². The van der Waals surface area contributed by atoms with Gasteiger partial charge in [0.2, 0.25) is 5.91 Å². The number of amides is 1. The van der Waals surface area contributed by atoms with Gasteiger partial charge < -0.3 is 10.1 Å². The average Bonchev–Trinajstić information content (AvgIpc) is 3.27. The normalized spacial score (nSPS) is 10.5. The zero-order chi connectivity index (χ0) is 22.2. The van der Waals surface area contributed by atoms with Crippen LogP contribution in [-0.2, 0) is 16.0 Å². The highest BCUT2D eigenvalue weighted by Gasteiger charge is 2.12. The molecule has 0 fully saturated rings. The van der Waals surface area contributed by atoms with Crippen molar-refractivity contribution >= 4 is 17.6 Å². The van der Waals surface area contributed by atoms with E-state index in [1.165, 1.54) is 46.9 Å². The van der Waals surface area contributed by atoms with E-state index in [9.17, 15) is 19.7 Å². The molecule has 1 aromatic heterocycles. The van der Waals surface area contributed by atoms with Crippen LogP contribution in [0.2, 0.25) is 0 Å². The molecule has 0 saturated heterocycles. The molecule has 0 aliphatic heterocycles. The minimum atomic E-state index is -0.568. The number of esters is 1. The molecule has 0 unspecified atom stereocenters. The molecule has 0 aliphatic carbocycles. The van der Waals surface area contributed by atoms with Crippen molar-refractivity contribution < 1.29 is 19.2 Å². The van der Waals surface area contributed by atoms with Crippen LogP contribution in [0.3, 0.4) is 0 Å². The number of non-ortho nitro benzene ring substituents is 1. The van der Waals surface area contributed by atoms with E-state index >= 15 is 0 Å². The maximum atomic E-state index is 12.1. The van der Waals surface area contributed by atoms with Gasteiger partial charge in [0.25, 0.3) is 5.69 Å². The molecule has 9 heteroatoms. The number of benzene rings is 2.